The Bertz CT molecular complexity index is 1560. The maximum Gasteiger partial charge on any atom is 0.284 e. The summed E-state index contributed by atoms with van der Waals surface area (Å²) in [7, 11) is 1.75. The van der Waals surface area contributed by atoms with Gasteiger partial charge in [-0.3, -0.25) is 14.9 Å². The highest BCUT2D eigenvalue weighted by molar-refractivity contribution is 7.99. The molecule has 0 atom stereocenters. The van der Waals surface area contributed by atoms with E-state index < -0.39 is 4.92 Å². The van der Waals surface area contributed by atoms with E-state index in [0.717, 1.165) is 33.9 Å². The lowest BCUT2D eigenvalue weighted by atomic mass is 10.1. The summed E-state index contributed by atoms with van der Waals surface area (Å²) in [4.78, 5) is 28.6. The van der Waals surface area contributed by atoms with E-state index in [9.17, 15) is 14.9 Å². The molecule has 0 unspecified atom stereocenters. The number of para-hydroxylation sites is 2. The first-order valence-electron chi connectivity index (χ1n) is 11.0. The normalized spacial score (nSPS) is 11.0. The fourth-order valence-electron chi connectivity index (χ4n) is 3.73. The van der Waals surface area contributed by atoms with Crippen LogP contribution >= 0.6 is 11.8 Å². The Morgan fingerprint density at radius 1 is 1.06 bits per heavy atom. The Balaban J connectivity index is 1.23. The van der Waals surface area contributed by atoms with Gasteiger partial charge < -0.3 is 14.5 Å². The first-order valence-corrected chi connectivity index (χ1v) is 11.9. The smallest absolute Gasteiger partial charge is 0.284 e. The molecule has 0 radical (unpaired) electrons. The highest BCUT2D eigenvalue weighted by atomic mass is 32.2. The minimum atomic E-state index is -0.502. The topological polar surface area (TPSA) is 121 Å². The summed E-state index contributed by atoms with van der Waals surface area (Å²) in [5.74, 6) is -0.387. The second-order valence-corrected chi connectivity index (χ2v) is 9.14. The van der Waals surface area contributed by atoms with Crippen molar-refractivity contribution in [2.75, 3.05) is 0 Å². The number of hydrogen-bond donors (Lipinski definition) is 1. The molecule has 0 spiro atoms. The van der Waals surface area contributed by atoms with Crippen molar-refractivity contribution in [1.82, 2.24) is 29.6 Å². The van der Waals surface area contributed by atoms with Crippen molar-refractivity contribution in [3.63, 3.8) is 0 Å². The SMILES string of the molecule is Cn1cnnc1Sc1ccc(C(=O)NCc2ccc(Cn3cnc4ccccc43)cc2)cc1[N+](=O)[O-]. The second-order valence-electron chi connectivity index (χ2n) is 8.13. The van der Waals surface area contributed by atoms with Gasteiger partial charge in [-0.2, -0.15) is 0 Å². The first kappa shape index (κ1) is 23.2. The molecule has 0 saturated carbocycles. The zero-order valence-electron chi connectivity index (χ0n) is 19.2. The number of amides is 1. The molecule has 180 valence electrons. The van der Waals surface area contributed by atoms with Crippen LogP contribution in [0.25, 0.3) is 11.0 Å². The van der Waals surface area contributed by atoms with Gasteiger partial charge in [0.25, 0.3) is 11.6 Å². The molecule has 5 rings (SSSR count). The van der Waals surface area contributed by atoms with Gasteiger partial charge in [-0.25, -0.2) is 4.98 Å². The highest BCUT2D eigenvalue weighted by Crippen LogP contribution is 2.34. The van der Waals surface area contributed by atoms with E-state index in [2.05, 4.69) is 25.1 Å². The number of carbonyl (C=O) groups is 1. The molecular weight excluding hydrogens is 478 g/mol. The molecule has 0 aliphatic carbocycles. The van der Waals surface area contributed by atoms with Crippen LogP contribution in [0.5, 0.6) is 0 Å². The summed E-state index contributed by atoms with van der Waals surface area (Å²) in [5.41, 5.74) is 4.12. The zero-order valence-corrected chi connectivity index (χ0v) is 20.1. The number of nitro benzene ring substituents is 1. The number of imidazole rings is 1. The van der Waals surface area contributed by atoms with Crippen LogP contribution in [0.3, 0.4) is 0 Å². The number of aryl methyl sites for hydroxylation is 1. The molecule has 2 heterocycles. The molecule has 3 aromatic carbocycles. The Morgan fingerprint density at radius 2 is 1.83 bits per heavy atom. The summed E-state index contributed by atoms with van der Waals surface area (Å²) in [6, 6.07) is 20.3. The molecule has 0 aliphatic rings. The number of aromatic nitrogens is 5. The number of carbonyl (C=O) groups excluding carboxylic acids is 1. The molecular formula is C25H21N7O3S. The number of nitro groups is 1. The molecule has 0 bridgehead atoms. The number of hydrogen-bond acceptors (Lipinski definition) is 7. The maximum absolute atomic E-state index is 12.7. The van der Waals surface area contributed by atoms with Gasteiger partial charge in [-0.05, 0) is 47.2 Å². The molecule has 1 N–H and O–H groups in total. The van der Waals surface area contributed by atoms with E-state index in [1.54, 1.807) is 23.7 Å². The van der Waals surface area contributed by atoms with Crippen LogP contribution in [0.2, 0.25) is 0 Å². The van der Waals surface area contributed by atoms with Gasteiger partial charge in [0.2, 0.25) is 0 Å². The van der Waals surface area contributed by atoms with E-state index >= 15 is 0 Å². The summed E-state index contributed by atoms with van der Waals surface area (Å²) >= 11 is 1.12. The summed E-state index contributed by atoms with van der Waals surface area (Å²) in [6.07, 6.45) is 3.34. The van der Waals surface area contributed by atoms with E-state index in [1.165, 1.54) is 12.4 Å². The van der Waals surface area contributed by atoms with Crippen molar-refractivity contribution in [3.05, 3.63) is 106 Å². The van der Waals surface area contributed by atoms with Crippen LogP contribution in [0.4, 0.5) is 5.69 Å². The highest BCUT2D eigenvalue weighted by Gasteiger charge is 2.20. The monoisotopic (exact) mass is 499 g/mol. The third kappa shape index (κ3) is 4.96. The lowest BCUT2D eigenvalue weighted by molar-refractivity contribution is -0.387. The summed E-state index contributed by atoms with van der Waals surface area (Å²) in [6.45, 7) is 0.992. The predicted molar refractivity (Wildman–Crippen MR) is 135 cm³/mol. The molecule has 11 heteroatoms. The van der Waals surface area contributed by atoms with Crippen molar-refractivity contribution in [2.24, 2.45) is 7.05 Å². The molecule has 0 aliphatic heterocycles. The second kappa shape index (κ2) is 10.0. The molecule has 2 aromatic heterocycles. The standard InChI is InChI=1S/C25H21N7O3S/c1-30-16-28-29-25(30)36-23-11-10-19(12-22(23)32(34)35)24(33)26-13-17-6-8-18(9-7-17)14-31-15-27-20-4-2-3-5-21(20)31/h2-12,15-16H,13-14H2,1H3,(H,26,33). The molecule has 36 heavy (non-hydrogen) atoms. The van der Waals surface area contributed by atoms with Crippen LogP contribution in [-0.2, 0) is 20.1 Å². The quantitative estimate of drug-likeness (QED) is 0.251. The minimum Gasteiger partial charge on any atom is -0.348 e. The maximum atomic E-state index is 12.7. The van der Waals surface area contributed by atoms with E-state index in [-0.39, 0.29) is 17.2 Å². The largest absolute Gasteiger partial charge is 0.348 e. The number of rotatable bonds is 8. The van der Waals surface area contributed by atoms with Gasteiger partial charge >= 0.3 is 0 Å². The number of fused-ring (bicyclic) bond motifs is 1. The van der Waals surface area contributed by atoms with E-state index in [1.807, 2.05) is 54.9 Å². The van der Waals surface area contributed by atoms with Gasteiger partial charge in [-0.1, -0.05) is 36.4 Å². The molecule has 10 nitrogen and oxygen atoms in total. The lowest BCUT2D eigenvalue weighted by Crippen LogP contribution is -2.22. The van der Waals surface area contributed by atoms with Gasteiger partial charge in [0.05, 0.1) is 27.2 Å². The van der Waals surface area contributed by atoms with Gasteiger partial charge in [0.15, 0.2) is 5.16 Å². The third-order valence-electron chi connectivity index (χ3n) is 5.65. The van der Waals surface area contributed by atoms with Crippen molar-refractivity contribution in [1.29, 1.82) is 0 Å². The number of nitrogens with zero attached hydrogens (tertiary/aromatic N) is 6. The fourth-order valence-corrected chi connectivity index (χ4v) is 4.58. The van der Waals surface area contributed by atoms with Gasteiger partial charge in [-0.15, -0.1) is 10.2 Å². The lowest BCUT2D eigenvalue weighted by Gasteiger charge is -2.09. The van der Waals surface area contributed by atoms with Crippen LogP contribution in [0, 0.1) is 10.1 Å². The van der Waals surface area contributed by atoms with E-state index in [0.29, 0.717) is 23.1 Å². The Labute approximate surface area is 210 Å². The van der Waals surface area contributed by atoms with Crippen molar-refractivity contribution in [2.45, 2.75) is 23.1 Å². The van der Waals surface area contributed by atoms with Gasteiger partial charge in [0.1, 0.15) is 6.33 Å². The molecule has 1 amide bonds. The average molecular weight is 500 g/mol. The molecule has 0 fully saturated rings. The first-order chi connectivity index (χ1) is 17.5. The van der Waals surface area contributed by atoms with Crippen LogP contribution in [0.15, 0.2) is 89.4 Å². The van der Waals surface area contributed by atoms with Crippen LogP contribution in [0.1, 0.15) is 21.5 Å². The zero-order chi connectivity index (χ0) is 25.1. The fraction of sp³-hybridized carbons (Fsp3) is 0.120. The predicted octanol–water partition coefficient (Wildman–Crippen LogP) is 4.20. The molecule has 0 saturated heterocycles. The van der Waals surface area contributed by atoms with Crippen molar-refractivity contribution < 1.29 is 9.72 Å². The van der Waals surface area contributed by atoms with Crippen LogP contribution < -0.4 is 5.32 Å². The Kier molecular flexibility index (Phi) is 6.46. The van der Waals surface area contributed by atoms with Crippen LogP contribution in [-0.4, -0.2) is 35.1 Å². The molecule has 5 aromatic rings. The Morgan fingerprint density at radius 3 is 2.58 bits per heavy atom. The number of benzene rings is 3. The summed E-state index contributed by atoms with van der Waals surface area (Å²) < 4.78 is 3.75. The Hall–Kier alpha value is -4.51. The third-order valence-corrected chi connectivity index (χ3v) is 6.76. The number of nitrogens with one attached hydrogen (secondary N) is 1. The average Bonchev–Trinajstić information content (AvgIpc) is 3.49. The van der Waals surface area contributed by atoms with Gasteiger partial charge in [0, 0.05) is 31.8 Å². The summed E-state index contributed by atoms with van der Waals surface area (Å²) in [5, 5.41) is 22.7. The van der Waals surface area contributed by atoms with Crippen molar-refractivity contribution >= 4 is 34.4 Å². The van der Waals surface area contributed by atoms with Crippen molar-refractivity contribution in [3.8, 4) is 0 Å². The minimum absolute atomic E-state index is 0.160. The van der Waals surface area contributed by atoms with E-state index in [4.69, 9.17) is 0 Å².